The zero-order valence-corrected chi connectivity index (χ0v) is 8.85. The van der Waals surface area contributed by atoms with Crippen LogP contribution in [-0.4, -0.2) is 9.97 Å². The van der Waals surface area contributed by atoms with Gasteiger partial charge in [0.2, 0.25) is 0 Å². The van der Waals surface area contributed by atoms with Gasteiger partial charge >= 0.3 is 6.18 Å². The van der Waals surface area contributed by atoms with E-state index in [1.165, 1.54) is 0 Å². The molecule has 0 unspecified atom stereocenters. The van der Waals surface area contributed by atoms with Gasteiger partial charge in [0, 0.05) is 21.4 Å². The van der Waals surface area contributed by atoms with Gasteiger partial charge in [0.05, 0.1) is 5.56 Å². The first kappa shape index (κ1) is 9.75. The maximum absolute atomic E-state index is 12.3. The molecule has 0 saturated carbocycles. The van der Waals surface area contributed by atoms with Crippen molar-refractivity contribution in [3.8, 4) is 0 Å². The predicted molar refractivity (Wildman–Crippen MR) is 53.8 cm³/mol. The normalized spacial score (nSPS) is 12.3. The molecule has 0 aliphatic carbocycles. The number of fused-ring (bicyclic) bond motifs is 1. The predicted octanol–water partition coefficient (Wildman–Crippen LogP) is 3.19. The maximum atomic E-state index is 12.3. The zero-order chi connectivity index (χ0) is 10.3. The number of aromatic nitrogens is 2. The summed E-state index contributed by atoms with van der Waals surface area (Å²) in [6.07, 6.45) is -1.88. The third-order valence-corrected chi connectivity index (χ3v) is 2.70. The van der Waals surface area contributed by atoms with E-state index in [0.717, 1.165) is 15.8 Å². The van der Waals surface area contributed by atoms with Crippen LogP contribution < -0.4 is 0 Å². The second kappa shape index (κ2) is 3.11. The minimum Gasteiger partial charge on any atom is -0.345 e. The van der Waals surface area contributed by atoms with Crippen LogP contribution in [0.5, 0.6) is 0 Å². The van der Waals surface area contributed by atoms with Gasteiger partial charge in [-0.15, -0.1) is 0 Å². The van der Waals surface area contributed by atoms with Crippen molar-refractivity contribution in [1.29, 1.82) is 0 Å². The number of pyridine rings is 1. The summed E-state index contributed by atoms with van der Waals surface area (Å²) in [5.74, 6) is 0. The van der Waals surface area contributed by atoms with Crippen LogP contribution in [0.2, 0.25) is 0 Å². The van der Waals surface area contributed by atoms with E-state index in [0.29, 0.717) is 11.0 Å². The Hall–Kier alpha value is -0.790. The topological polar surface area (TPSA) is 28.7 Å². The van der Waals surface area contributed by atoms with E-state index in [1.54, 1.807) is 6.20 Å². The smallest absolute Gasteiger partial charge is 0.345 e. The van der Waals surface area contributed by atoms with Crippen molar-refractivity contribution in [1.82, 2.24) is 9.97 Å². The molecule has 0 aromatic carbocycles. The summed E-state index contributed by atoms with van der Waals surface area (Å²) in [6, 6.07) is 1.10. The van der Waals surface area contributed by atoms with Crippen LogP contribution in [0.25, 0.3) is 11.0 Å². The molecule has 6 heteroatoms. The van der Waals surface area contributed by atoms with Crippen molar-refractivity contribution >= 4 is 33.6 Å². The fourth-order valence-corrected chi connectivity index (χ4v) is 1.69. The van der Waals surface area contributed by atoms with E-state index < -0.39 is 11.7 Å². The molecule has 0 spiro atoms. The number of H-pyrrole nitrogens is 1. The van der Waals surface area contributed by atoms with E-state index >= 15 is 0 Å². The number of halogens is 4. The highest BCUT2D eigenvalue weighted by Crippen LogP contribution is 2.31. The monoisotopic (exact) mass is 312 g/mol. The maximum Gasteiger partial charge on any atom is 0.417 e. The number of aromatic amines is 1. The van der Waals surface area contributed by atoms with Crippen LogP contribution in [0.15, 0.2) is 18.5 Å². The Morgan fingerprint density at radius 1 is 1.36 bits per heavy atom. The Morgan fingerprint density at radius 2 is 2.07 bits per heavy atom. The number of hydrogen-bond donors (Lipinski definition) is 1. The van der Waals surface area contributed by atoms with E-state index in [4.69, 9.17) is 0 Å². The number of hydrogen-bond acceptors (Lipinski definition) is 1. The van der Waals surface area contributed by atoms with E-state index in [2.05, 4.69) is 9.97 Å². The van der Waals surface area contributed by atoms with Crippen LogP contribution in [0.4, 0.5) is 13.2 Å². The molecule has 0 radical (unpaired) electrons. The van der Waals surface area contributed by atoms with Crippen LogP contribution in [0.1, 0.15) is 5.56 Å². The lowest BCUT2D eigenvalue weighted by Crippen LogP contribution is -2.05. The Morgan fingerprint density at radius 3 is 2.71 bits per heavy atom. The van der Waals surface area contributed by atoms with Gasteiger partial charge in [-0.1, -0.05) is 0 Å². The summed E-state index contributed by atoms with van der Waals surface area (Å²) in [7, 11) is 0. The molecule has 2 nitrogen and oxygen atoms in total. The first-order valence-corrected chi connectivity index (χ1v) is 4.76. The Bertz CT molecular complexity index is 475. The highest BCUT2D eigenvalue weighted by atomic mass is 127. The lowest BCUT2D eigenvalue weighted by atomic mass is 10.2. The van der Waals surface area contributed by atoms with Crippen LogP contribution in [0, 0.1) is 3.57 Å². The molecule has 0 amide bonds. The van der Waals surface area contributed by atoms with E-state index in [9.17, 15) is 13.2 Å². The molecule has 14 heavy (non-hydrogen) atoms. The molecule has 2 rings (SSSR count). The van der Waals surface area contributed by atoms with Crippen molar-refractivity contribution in [2.24, 2.45) is 0 Å². The van der Waals surface area contributed by atoms with Crippen molar-refractivity contribution in [3.05, 3.63) is 27.6 Å². The third kappa shape index (κ3) is 1.58. The highest BCUT2D eigenvalue weighted by Gasteiger charge is 2.31. The second-order valence-electron chi connectivity index (χ2n) is 2.75. The average Bonchev–Trinajstić information content (AvgIpc) is 2.46. The standard InChI is InChI=1S/C8H4F3IN2/c9-8(10,11)4-1-5-6(12)3-14-7(5)13-2-4/h1-3H,(H,13,14). The largest absolute Gasteiger partial charge is 0.417 e. The number of nitrogens with one attached hydrogen (secondary N) is 1. The molecule has 2 heterocycles. The molecule has 74 valence electrons. The third-order valence-electron chi connectivity index (χ3n) is 1.81. The second-order valence-corrected chi connectivity index (χ2v) is 3.92. The minimum absolute atomic E-state index is 0.474. The SMILES string of the molecule is FC(F)(F)c1cnc2[nH]cc(I)c2c1. The van der Waals surface area contributed by atoms with E-state index in [1.807, 2.05) is 22.6 Å². The van der Waals surface area contributed by atoms with Gasteiger partial charge in [0.25, 0.3) is 0 Å². The molecule has 2 aromatic rings. The van der Waals surface area contributed by atoms with Gasteiger partial charge in [-0.25, -0.2) is 4.98 Å². The number of rotatable bonds is 0. The highest BCUT2D eigenvalue weighted by molar-refractivity contribution is 14.1. The molecule has 0 atom stereocenters. The summed E-state index contributed by atoms with van der Waals surface area (Å²) >= 11 is 1.96. The van der Waals surface area contributed by atoms with Crippen molar-refractivity contribution in [2.45, 2.75) is 6.18 Å². The molecule has 0 bridgehead atoms. The van der Waals surface area contributed by atoms with Gasteiger partial charge in [-0.2, -0.15) is 13.2 Å². The summed E-state index contributed by atoms with van der Waals surface area (Å²) in [5, 5.41) is 0.500. The Labute approximate surface area is 90.7 Å². The fraction of sp³-hybridized carbons (Fsp3) is 0.125. The summed E-state index contributed by atoms with van der Waals surface area (Å²) in [6.45, 7) is 0. The first-order valence-electron chi connectivity index (χ1n) is 3.68. The van der Waals surface area contributed by atoms with Crippen molar-refractivity contribution in [2.75, 3.05) is 0 Å². The molecular weight excluding hydrogens is 308 g/mol. The fourth-order valence-electron chi connectivity index (χ4n) is 1.13. The first-order chi connectivity index (χ1) is 6.48. The summed E-state index contributed by atoms with van der Waals surface area (Å²) in [4.78, 5) is 6.47. The quantitative estimate of drug-likeness (QED) is 0.744. The summed E-state index contributed by atoms with van der Waals surface area (Å²) < 4.78 is 37.6. The molecular formula is C8H4F3IN2. The zero-order valence-electron chi connectivity index (χ0n) is 6.69. The molecule has 0 fully saturated rings. The lowest BCUT2D eigenvalue weighted by Gasteiger charge is -2.05. The Balaban J connectivity index is 2.66. The molecule has 0 saturated heterocycles. The van der Waals surface area contributed by atoms with E-state index in [-0.39, 0.29) is 0 Å². The van der Waals surface area contributed by atoms with Gasteiger partial charge in [0.15, 0.2) is 0 Å². The number of nitrogens with zero attached hydrogens (tertiary/aromatic N) is 1. The molecule has 1 N–H and O–H groups in total. The minimum atomic E-state index is -4.33. The van der Waals surface area contributed by atoms with Gasteiger partial charge in [-0.05, 0) is 28.7 Å². The molecule has 2 aromatic heterocycles. The van der Waals surface area contributed by atoms with Gasteiger partial charge in [0.1, 0.15) is 5.65 Å². The van der Waals surface area contributed by atoms with Crippen LogP contribution in [0.3, 0.4) is 0 Å². The van der Waals surface area contributed by atoms with Crippen molar-refractivity contribution < 1.29 is 13.2 Å². The average molecular weight is 312 g/mol. The van der Waals surface area contributed by atoms with Crippen LogP contribution >= 0.6 is 22.6 Å². The van der Waals surface area contributed by atoms with Crippen LogP contribution in [-0.2, 0) is 6.18 Å². The Kier molecular flexibility index (Phi) is 2.17. The van der Waals surface area contributed by atoms with Gasteiger partial charge in [-0.3, -0.25) is 0 Å². The molecule has 0 aliphatic heterocycles. The van der Waals surface area contributed by atoms with Crippen molar-refractivity contribution in [3.63, 3.8) is 0 Å². The molecule has 0 aliphatic rings. The number of alkyl halides is 3. The summed E-state index contributed by atoms with van der Waals surface area (Å²) in [5.41, 5.74) is -0.245. The lowest BCUT2D eigenvalue weighted by molar-refractivity contribution is -0.137. The van der Waals surface area contributed by atoms with Gasteiger partial charge < -0.3 is 4.98 Å².